The van der Waals surface area contributed by atoms with Crippen molar-refractivity contribution in [3.05, 3.63) is 22.1 Å². The van der Waals surface area contributed by atoms with Crippen LogP contribution in [-0.2, 0) is 0 Å². The molecule has 0 aromatic heterocycles. The highest BCUT2D eigenvalue weighted by atomic mass is 32.2. The summed E-state index contributed by atoms with van der Waals surface area (Å²) in [6, 6.07) is 0. The van der Waals surface area contributed by atoms with E-state index in [-0.39, 0.29) is 0 Å². The van der Waals surface area contributed by atoms with E-state index in [4.69, 9.17) is 5.73 Å². The highest BCUT2D eigenvalue weighted by Crippen LogP contribution is 2.31. The SMILES string of the molecule is C/C=C(/CC)S/C(=C\N)C(C)C. The van der Waals surface area contributed by atoms with Gasteiger partial charge in [0.2, 0.25) is 0 Å². The van der Waals surface area contributed by atoms with Crippen LogP contribution in [0.3, 0.4) is 0 Å². The lowest BCUT2D eigenvalue weighted by molar-refractivity contribution is 0.814. The molecule has 0 aliphatic carbocycles. The third-order valence-electron chi connectivity index (χ3n) is 1.65. The van der Waals surface area contributed by atoms with Crippen molar-refractivity contribution in [2.75, 3.05) is 0 Å². The summed E-state index contributed by atoms with van der Waals surface area (Å²) < 4.78 is 0. The van der Waals surface area contributed by atoms with Crippen molar-refractivity contribution in [1.29, 1.82) is 0 Å². The Morgan fingerprint density at radius 2 is 2.08 bits per heavy atom. The van der Waals surface area contributed by atoms with Gasteiger partial charge in [0.15, 0.2) is 0 Å². The zero-order valence-corrected chi connectivity index (χ0v) is 9.24. The molecule has 0 saturated heterocycles. The Labute approximate surface area is 80.1 Å². The van der Waals surface area contributed by atoms with Crippen molar-refractivity contribution < 1.29 is 0 Å². The van der Waals surface area contributed by atoms with Crippen LogP contribution >= 0.6 is 11.8 Å². The molecule has 0 unspecified atom stereocenters. The molecule has 0 rings (SSSR count). The van der Waals surface area contributed by atoms with Crippen molar-refractivity contribution in [3.63, 3.8) is 0 Å². The fourth-order valence-corrected chi connectivity index (χ4v) is 1.70. The molecule has 0 aromatic carbocycles. The van der Waals surface area contributed by atoms with Gasteiger partial charge in [-0.15, -0.1) is 0 Å². The standard InChI is InChI=1S/C10H19NS/c1-5-9(6-2)12-10(7-11)8(3)4/h5,7-8H,6,11H2,1-4H3/b9-5-,10-7-. The molecule has 2 heteroatoms. The van der Waals surface area contributed by atoms with E-state index >= 15 is 0 Å². The van der Waals surface area contributed by atoms with Crippen molar-refractivity contribution in [2.24, 2.45) is 11.7 Å². The van der Waals surface area contributed by atoms with Crippen LogP contribution in [0.1, 0.15) is 34.1 Å². The van der Waals surface area contributed by atoms with Gasteiger partial charge in [0.25, 0.3) is 0 Å². The fraction of sp³-hybridized carbons (Fsp3) is 0.600. The quantitative estimate of drug-likeness (QED) is 0.725. The predicted molar refractivity (Wildman–Crippen MR) is 58.7 cm³/mol. The Hall–Kier alpha value is -0.370. The van der Waals surface area contributed by atoms with Gasteiger partial charge in [-0.25, -0.2) is 0 Å². The molecule has 12 heavy (non-hydrogen) atoms. The lowest BCUT2D eigenvalue weighted by atomic mass is 10.2. The Kier molecular flexibility index (Phi) is 5.99. The van der Waals surface area contributed by atoms with E-state index in [0.29, 0.717) is 5.92 Å². The van der Waals surface area contributed by atoms with Crippen LogP contribution in [0, 0.1) is 5.92 Å². The first-order valence-corrected chi connectivity index (χ1v) is 5.22. The first-order chi connectivity index (χ1) is 5.65. The van der Waals surface area contributed by atoms with Gasteiger partial charge >= 0.3 is 0 Å². The molecule has 70 valence electrons. The average molecular weight is 185 g/mol. The Morgan fingerprint density at radius 3 is 2.33 bits per heavy atom. The molecule has 0 saturated carbocycles. The van der Waals surface area contributed by atoms with Crippen molar-refractivity contribution in [1.82, 2.24) is 0 Å². The Morgan fingerprint density at radius 1 is 1.50 bits per heavy atom. The molecule has 0 spiro atoms. The zero-order chi connectivity index (χ0) is 9.56. The van der Waals surface area contributed by atoms with Gasteiger partial charge in [0, 0.05) is 11.1 Å². The predicted octanol–water partition coefficient (Wildman–Crippen LogP) is 3.49. The van der Waals surface area contributed by atoms with Gasteiger partial charge in [-0.05, 0) is 24.2 Å². The van der Waals surface area contributed by atoms with Crippen LogP contribution in [0.4, 0.5) is 0 Å². The van der Waals surface area contributed by atoms with E-state index in [0.717, 1.165) is 6.42 Å². The second-order valence-electron chi connectivity index (χ2n) is 2.93. The Bertz CT molecular complexity index is 180. The molecule has 0 bridgehead atoms. The van der Waals surface area contributed by atoms with Crippen molar-refractivity contribution >= 4 is 11.8 Å². The zero-order valence-electron chi connectivity index (χ0n) is 8.42. The number of hydrogen-bond acceptors (Lipinski definition) is 2. The first kappa shape index (κ1) is 11.6. The second-order valence-corrected chi connectivity index (χ2v) is 4.13. The fourth-order valence-electron chi connectivity index (χ4n) is 0.831. The Balaban J connectivity index is 4.22. The third kappa shape index (κ3) is 3.86. The van der Waals surface area contributed by atoms with E-state index < -0.39 is 0 Å². The summed E-state index contributed by atoms with van der Waals surface area (Å²) in [5.41, 5.74) is 5.52. The van der Waals surface area contributed by atoms with E-state index in [2.05, 4.69) is 33.8 Å². The molecule has 0 radical (unpaired) electrons. The summed E-state index contributed by atoms with van der Waals surface area (Å²) >= 11 is 1.80. The summed E-state index contributed by atoms with van der Waals surface area (Å²) in [4.78, 5) is 2.64. The van der Waals surface area contributed by atoms with Gasteiger partial charge in [0.05, 0.1) is 0 Å². The smallest absolute Gasteiger partial charge is 0.00743 e. The van der Waals surface area contributed by atoms with Gasteiger partial charge in [-0.3, -0.25) is 0 Å². The molecule has 0 fully saturated rings. The maximum Gasteiger partial charge on any atom is 0.00743 e. The lowest BCUT2D eigenvalue weighted by Crippen LogP contribution is -1.94. The van der Waals surface area contributed by atoms with E-state index in [1.165, 1.54) is 9.81 Å². The van der Waals surface area contributed by atoms with E-state index in [1.54, 1.807) is 18.0 Å². The molecule has 0 aromatic rings. The lowest BCUT2D eigenvalue weighted by Gasteiger charge is -2.10. The highest BCUT2D eigenvalue weighted by Gasteiger charge is 2.04. The molecule has 0 atom stereocenters. The number of hydrogen-bond donors (Lipinski definition) is 1. The highest BCUT2D eigenvalue weighted by molar-refractivity contribution is 8.06. The summed E-state index contributed by atoms with van der Waals surface area (Å²) in [6.45, 7) is 8.56. The molecule has 1 nitrogen and oxygen atoms in total. The van der Waals surface area contributed by atoms with E-state index in [1.807, 2.05) is 0 Å². The van der Waals surface area contributed by atoms with Gasteiger partial charge in [-0.2, -0.15) is 0 Å². The van der Waals surface area contributed by atoms with Gasteiger partial charge in [0.1, 0.15) is 0 Å². The topological polar surface area (TPSA) is 26.0 Å². The number of thioether (sulfide) groups is 1. The molecule has 2 N–H and O–H groups in total. The average Bonchev–Trinajstić information content (AvgIpc) is 2.06. The number of nitrogens with two attached hydrogens (primary N) is 1. The van der Waals surface area contributed by atoms with Gasteiger partial charge in [-0.1, -0.05) is 38.6 Å². The molecule has 0 amide bonds. The summed E-state index contributed by atoms with van der Waals surface area (Å²) in [5.74, 6) is 0.529. The van der Waals surface area contributed by atoms with Crippen molar-refractivity contribution in [3.8, 4) is 0 Å². The summed E-state index contributed by atoms with van der Waals surface area (Å²) in [5, 5.41) is 0. The van der Waals surface area contributed by atoms with Crippen LogP contribution < -0.4 is 5.73 Å². The summed E-state index contributed by atoms with van der Waals surface area (Å²) in [7, 11) is 0. The number of rotatable bonds is 4. The van der Waals surface area contributed by atoms with Crippen LogP contribution in [-0.4, -0.2) is 0 Å². The van der Waals surface area contributed by atoms with Crippen LogP contribution in [0.5, 0.6) is 0 Å². The van der Waals surface area contributed by atoms with Gasteiger partial charge < -0.3 is 5.73 Å². The molecular formula is C10H19NS. The maximum absolute atomic E-state index is 5.52. The largest absolute Gasteiger partial charge is 0.404 e. The molecule has 0 heterocycles. The van der Waals surface area contributed by atoms with Crippen molar-refractivity contribution in [2.45, 2.75) is 34.1 Å². The molecule has 0 aliphatic rings. The minimum absolute atomic E-state index is 0.529. The first-order valence-electron chi connectivity index (χ1n) is 4.40. The molecule has 0 aliphatic heterocycles. The second kappa shape index (κ2) is 6.18. The number of allylic oxidation sites excluding steroid dienone is 3. The monoisotopic (exact) mass is 185 g/mol. The minimum Gasteiger partial charge on any atom is -0.404 e. The normalized spacial score (nSPS) is 14.1. The van der Waals surface area contributed by atoms with Crippen LogP contribution in [0.25, 0.3) is 0 Å². The molecular weight excluding hydrogens is 166 g/mol. The third-order valence-corrected chi connectivity index (χ3v) is 3.28. The maximum atomic E-state index is 5.52. The van der Waals surface area contributed by atoms with E-state index in [9.17, 15) is 0 Å². The minimum atomic E-state index is 0.529. The van der Waals surface area contributed by atoms with Crippen LogP contribution in [0.2, 0.25) is 0 Å². The van der Waals surface area contributed by atoms with Crippen LogP contribution in [0.15, 0.2) is 22.1 Å². The summed E-state index contributed by atoms with van der Waals surface area (Å²) in [6.07, 6.45) is 4.95.